The molecule has 0 aliphatic carbocycles. The number of nitrogens with one attached hydrogen (secondary N) is 2. The third-order valence-electron chi connectivity index (χ3n) is 2.54. The minimum atomic E-state index is -1.35. The molecule has 1 aromatic heterocycles. The Kier molecular flexibility index (Phi) is 5.45. The molecule has 1 heterocycles. The van der Waals surface area contributed by atoms with Crippen molar-refractivity contribution in [3.63, 3.8) is 0 Å². The summed E-state index contributed by atoms with van der Waals surface area (Å²) in [6.45, 7) is 2.00. The molecule has 0 bridgehead atoms. The summed E-state index contributed by atoms with van der Waals surface area (Å²) in [5.41, 5.74) is 6.48. The Labute approximate surface area is 115 Å². The Morgan fingerprint density at radius 3 is 2.70 bits per heavy atom. The van der Waals surface area contributed by atoms with Crippen molar-refractivity contribution in [1.29, 1.82) is 0 Å². The average Bonchev–Trinajstić information content (AvgIpc) is 2.36. The maximum absolute atomic E-state index is 11.6. The van der Waals surface area contributed by atoms with E-state index in [1.165, 1.54) is 0 Å². The molecule has 0 saturated carbocycles. The fourth-order valence-electron chi connectivity index (χ4n) is 1.48. The van der Waals surface area contributed by atoms with Crippen molar-refractivity contribution < 1.29 is 19.5 Å². The number of amides is 3. The van der Waals surface area contributed by atoms with Gasteiger partial charge in [0.1, 0.15) is 6.04 Å². The van der Waals surface area contributed by atoms with Gasteiger partial charge in [0, 0.05) is 6.20 Å². The molecule has 3 amide bonds. The number of aliphatic carboxylic acids is 1. The lowest BCUT2D eigenvalue weighted by atomic mass is 10.2. The second kappa shape index (κ2) is 7.07. The number of nitrogens with two attached hydrogens (primary N) is 1. The van der Waals surface area contributed by atoms with Crippen LogP contribution in [-0.2, 0) is 16.1 Å². The number of hydrogen-bond acceptors (Lipinski definition) is 4. The first-order valence-corrected chi connectivity index (χ1v) is 5.86. The second-order valence-corrected chi connectivity index (χ2v) is 4.16. The normalized spacial score (nSPS) is 11.4. The quantitative estimate of drug-likeness (QED) is 0.558. The van der Waals surface area contributed by atoms with E-state index in [2.05, 4.69) is 15.6 Å². The fraction of sp³-hybridized carbons (Fsp3) is 0.333. The van der Waals surface area contributed by atoms with Crippen LogP contribution in [0.2, 0.25) is 0 Å². The molecule has 8 heteroatoms. The van der Waals surface area contributed by atoms with Crippen LogP contribution in [0.5, 0.6) is 0 Å². The highest BCUT2D eigenvalue weighted by Crippen LogP contribution is 2.02. The minimum Gasteiger partial charge on any atom is -0.480 e. The van der Waals surface area contributed by atoms with Gasteiger partial charge in [-0.05, 0) is 18.6 Å². The molecule has 1 aromatic rings. The summed E-state index contributed by atoms with van der Waals surface area (Å²) >= 11 is 0. The van der Waals surface area contributed by atoms with Crippen molar-refractivity contribution in [2.45, 2.75) is 25.9 Å². The molecule has 1 unspecified atom stereocenters. The van der Waals surface area contributed by atoms with Crippen molar-refractivity contribution >= 4 is 17.9 Å². The van der Waals surface area contributed by atoms with Crippen LogP contribution in [0.3, 0.4) is 0 Å². The molecule has 20 heavy (non-hydrogen) atoms. The zero-order chi connectivity index (χ0) is 15.1. The zero-order valence-electron chi connectivity index (χ0n) is 10.9. The number of aromatic nitrogens is 1. The first kappa shape index (κ1) is 15.4. The van der Waals surface area contributed by atoms with Crippen LogP contribution in [0.4, 0.5) is 4.79 Å². The smallest absolute Gasteiger partial charge is 0.326 e. The van der Waals surface area contributed by atoms with Crippen LogP contribution < -0.4 is 16.4 Å². The summed E-state index contributed by atoms with van der Waals surface area (Å²) in [5, 5.41) is 13.5. The molecule has 0 fully saturated rings. The molecule has 0 saturated heterocycles. The average molecular weight is 280 g/mol. The summed E-state index contributed by atoms with van der Waals surface area (Å²) in [5.74, 6) is -2.13. The van der Waals surface area contributed by atoms with Gasteiger partial charge >= 0.3 is 12.0 Å². The number of urea groups is 1. The van der Waals surface area contributed by atoms with E-state index in [0.717, 1.165) is 5.56 Å². The number of carbonyl (C=O) groups excluding carboxylic acids is 2. The van der Waals surface area contributed by atoms with Gasteiger partial charge in [-0.15, -0.1) is 0 Å². The van der Waals surface area contributed by atoms with Gasteiger partial charge < -0.3 is 21.5 Å². The Morgan fingerprint density at radius 2 is 2.15 bits per heavy atom. The van der Waals surface area contributed by atoms with Crippen molar-refractivity contribution in [3.8, 4) is 0 Å². The number of aryl methyl sites for hydroxylation is 1. The molecule has 8 nitrogen and oxygen atoms in total. The van der Waals surface area contributed by atoms with E-state index < -0.39 is 30.4 Å². The van der Waals surface area contributed by atoms with E-state index in [0.29, 0.717) is 5.69 Å². The van der Waals surface area contributed by atoms with Crippen molar-refractivity contribution in [2.75, 3.05) is 0 Å². The molecule has 0 aliphatic heterocycles. The largest absolute Gasteiger partial charge is 0.480 e. The van der Waals surface area contributed by atoms with Gasteiger partial charge in [-0.2, -0.15) is 0 Å². The Hall–Kier alpha value is -2.64. The van der Waals surface area contributed by atoms with Crippen molar-refractivity contribution in [3.05, 3.63) is 29.6 Å². The number of carbonyl (C=O) groups is 3. The van der Waals surface area contributed by atoms with Gasteiger partial charge in [0.15, 0.2) is 0 Å². The Morgan fingerprint density at radius 1 is 1.45 bits per heavy atom. The van der Waals surface area contributed by atoms with Crippen LogP contribution in [0.1, 0.15) is 17.7 Å². The standard InChI is InChI=1S/C12H16N4O4/c1-7-3-2-4-14-9(7)6-15-12(20)16-8(11(18)19)5-10(13)17/h2-4,8H,5-6H2,1H3,(H2,13,17)(H,18,19)(H2,15,16,20). The molecular formula is C12H16N4O4. The van der Waals surface area contributed by atoms with E-state index in [-0.39, 0.29) is 6.54 Å². The van der Waals surface area contributed by atoms with Crippen LogP contribution in [0.15, 0.2) is 18.3 Å². The summed E-state index contributed by atoms with van der Waals surface area (Å²) in [6, 6.07) is 1.56. The predicted octanol–water partition coefficient (Wildman–Crippen LogP) is -0.482. The van der Waals surface area contributed by atoms with Gasteiger partial charge in [0.2, 0.25) is 5.91 Å². The Balaban J connectivity index is 2.52. The highest BCUT2D eigenvalue weighted by molar-refractivity contribution is 5.87. The third kappa shape index (κ3) is 4.92. The van der Waals surface area contributed by atoms with E-state index >= 15 is 0 Å². The number of rotatable bonds is 6. The predicted molar refractivity (Wildman–Crippen MR) is 69.6 cm³/mol. The lowest BCUT2D eigenvalue weighted by Gasteiger charge is -2.13. The van der Waals surface area contributed by atoms with E-state index in [1.807, 2.05) is 13.0 Å². The lowest BCUT2D eigenvalue weighted by Crippen LogP contribution is -2.47. The third-order valence-corrected chi connectivity index (χ3v) is 2.54. The molecular weight excluding hydrogens is 264 g/mol. The van der Waals surface area contributed by atoms with Crippen LogP contribution in [0, 0.1) is 6.92 Å². The highest BCUT2D eigenvalue weighted by atomic mass is 16.4. The monoisotopic (exact) mass is 280 g/mol. The molecule has 5 N–H and O–H groups in total. The first-order valence-electron chi connectivity index (χ1n) is 5.86. The molecule has 108 valence electrons. The zero-order valence-corrected chi connectivity index (χ0v) is 10.9. The van der Waals surface area contributed by atoms with E-state index in [9.17, 15) is 14.4 Å². The van der Waals surface area contributed by atoms with Crippen LogP contribution >= 0.6 is 0 Å². The van der Waals surface area contributed by atoms with Gasteiger partial charge in [-0.3, -0.25) is 9.78 Å². The molecule has 0 radical (unpaired) electrons. The number of hydrogen-bond donors (Lipinski definition) is 4. The SMILES string of the molecule is Cc1cccnc1CNC(=O)NC(CC(N)=O)C(=O)O. The minimum absolute atomic E-state index is 0.154. The lowest BCUT2D eigenvalue weighted by molar-refractivity contribution is -0.140. The number of carboxylic acids is 1. The summed E-state index contributed by atoms with van der Waals surface area (Å²) in [4.78, 5) is 37.2. The number of pyridine rings is 1. The van der Waals surface area contributed by atoms with Gasteiger partial charge in [0.05, 0.1) is 18.7 Å². The molecule has 1 atom stereocenters. The molecule has 0 spiro atoms. The number of nitrogens with zero attached hydrogens (tertiary/aromatic N) is 1. The van der Waals surface area contributed by atoms with Crippen molar-refractivity contribution in [1.82, 2.24) is 15.6 Å². The van der Waals surface area contributed by atoms with Crippen LogP contribution in [-0.4, -0.2) is 34.0 Å². The van der Waals surface area contributed by atoms with E-state index in [1.54, 1.807) is 12.3 Å². The van der Waals surface area contributed by atoms with Gasteiger partial charge in [-0.1, -0.05) is 6.07 Å². The topological polar surface area (TPSA) is 134 Å². The summed E-state index contributed by atoms with van der Waals surface area (Å²) in [7, 11) is 0. The summed E-state index contributed by atoms with van der Waals surface area (Å²) < 4.78 is 0. The number of carboxylic acid groups (broad SMARTS) is 1. The second-order valence-electron chi connectivity index (χ2n) is 4.16. The Bertz CT molecular complexity index is 518. The van der Waals surface area contributed by atoms with Crippen LogP contribution in [0.25, 0.3) is 0 Å². The fourth-order valence-corrected chi connectivity index (χ4v) is 1.48. The van der Waals surface area contributed by atoms with Gasteiger partial charge in [-0.25, -0.2) is 9.59 Å². The number of primary amides is 1. The highest BCUT2D eigenvalue weighted by Gasteiger charge is 2.21. The summed E-state index contributed by atoms with van der Waals surface area (Å²) in [6.07, 6.45) is 1.13. The maximum atomic E-state index is 11.6. The van der Waals surface area contributed by atoms with Crippen molar-refractivity contribution in [2.24, 2.45) is 5.73 Å². The van der Waals surface area contributed by atoms with E-state index in [4.69, 9.17) is 10.8 Å². The van der Waals surface area contributed by atoms with Gasteiger partial charge in [0.25, 0.3) is 0 Å². The maximum Gasteiger partial charge on any atom is 0.326 e. The molecule has 1 rings (SSSR count). The first-order chi connectivity index (χ1) is 9.40. The molecule has 0 aliphatic rings. The molecule has 0 aromatic carbocycles.